The molecule has 19 heavy (non-hydrogen) atoms. The summed E-state index contributed by atoms with van der Waals surface area (Å²) < 4.78 is 0. The largest absolute Gasteiger partial charge is 0.329 e. The van der Waals surface area contributed by atoms with E-state index in [2.05, 4.69) is 41.1 Å². The lowest BCUT2D eigenvalue weighted by atomic mass is 10.0. The van der Waals surface area contributed by atoms with Crippen LogP contribution >= 0.6 is 0 Å². The number of hydrogen-bond acceptors (Lipinski definition) is 3. The molecule has 0 aliphatic carbocycles. The van der Waals surface area contributed by atoms with Crippen LogP contribution in [0.25, 0.3) is 0 Å². The fraction of sp³-hybridized carbons (Fsp3) is 0.312. The summed E-state index contributed by atoms with van der Waals surface area (Å²) in [6.07, 6.45) is 1.85. The van der Waals surface area contributed by atoms with Crippen molar-refractivity contribution >= 4 is 0 Å². The number of nitrogens with two attached hydrogens (primary N) is 1. The van der Waals surface area contributed by atoms with Crippen molar-refractivity contribution in [1.82, 2.24) is 9.88 Å². The van der Waals surface area contributed by atoms with Crippen molar-refractivity contribution in [2.45, 2.75) is 26.1 Å². The Morgan fingerprint density at radius 2 is 2.16 bits per heavy atom. The molecule has 3 rings (SSSR count). The fourth-order valence-electron chi connectivity index (χ4n) is 2.91. The third kappa shape index (κ3) is 2.27. The molecule has 1 atom stereocenters. The average Bonchev–Trinajstić information content (AvgIpc) is 2.79. The molecule has 0 saturated carbocycles. The third-order valence-electron chi connectivity index (χ3n) is 3.92. The van der Waals surface area contributed by atoms with Crippen molar-refractivity contribution in [2.75, 3.05) is 6.54 Å². The van der Waals surface area contributed by atoms with Crippen LogP contribution in [-0.2, 0) is 13.1 Å². The van der Waals surface area contributed by atoms with Gasteiger partial charge in [-0.2, -0.15) is 0 Å². The average molecular weight is 253 g/mol. The van der Waals surface area contributed by atoms with Gasteiger partial charge < -0.3 is 5.73 Å². The molecule has 2 N–H and O–H groups in total. The van der Waals surface area contributed by atoms with Crippen LogP contribution in [0.2, 0.25) is 0 Å². The molecule has 1 aromatic carbocycles. The molecule has 0 saturated heterocycles. The Balaban J connectivity index is 1.88. The summed E-state index contributed by atoms with van der Waals surface area (Å²) in [5.41, 5.74) is 11.3. The van der Waals surface area contributed by atoms with E-state index in [-0.39, 0.29) is 0 Å². The van der Waals surface area contributed by atoms with Crippen LogP contribution in [0.3, 0.4) is 0 Å². The Morgan fingerprint density at radius 3 is 2.89 bits per heavy atom. The van der Waals surface area contributed by atoms with Gasteiger partial charge in [-0.05, 0) is 35.7 Å². The van der Waals surface area contributed by atoms with Gasteiger partial charge in [0.2, 0.25) is 0 Å². The first-order chi connectivity index (χ1) is 9.29. The summed E-state index contributed by atoms with van der Waals surface area (Å²) in [5.74, 6) is 0. The second kappa shape index (κ2) is 5.11. The van der Waals surface area contributed by atoms with Crippen LogP contribution < -0.4 is 5.73 Å². The minimum Gasteiger partial charge on any atom is -0.329 e. The van der Waals surface area contributed by atoms with E-state index in [1.807, 2.05) is 18.3 Å². The summed E-state index contributed by atoms with van der Waals surface area (Å²) in [4.78, 5) is 6.83. The third-order valence-corrected chi connectivity index (χ3v) is 3.92. The summed E-state index contributed by atoms with van der Waals surface area (Å²) in [5, 5.41) is 0. The monoisotopic (exact) mass is 253 g/mol. The van der Waals surface area contributed by atoms with Gasteiger partial charge >= 0.3 is 0 Å². The molecular weight excluding hydrogens is 234 g/mol. The Labute approximate surface area is 114 Å². The van der Waals surface area contributed by atoms with Gasteiger partial charge in [0.05, 0.1) is 5.69 Å². The number of aryl methyl sites for hydroxylation is 1. The maximum atomic E-state index is 5.98. The van der Waals surface area contributed by atoms with Gasteiger partial charge in [-0.25, -0.2) is 0 Å². The van der Waals surface area contributed by atoms with Crippen LogP contribution in [0, 0.1) is 6.92 Å². The minimum atomic E-state index is 0.317. The molecule has 0 radical (unpaired) electrons. The topological polar surface area (TPSA) is 42.2 Å². The first kappa shape index (κ1) is 12.3. The minimum absolute atomic E-state index is 0.317. The molecule has 1 unspecified atom stereocenters. The smallest absolute Gasteiger partial charge is 0.0544 e. The summed E-state index contributed by atoms with van der Waals surface area (Å²) in [6, 6.07) is 12.9. The van der Waals surface area contributed by atoms with Gasteiger partial charge in [0.1, 0.15) is 0 Å². The maximum Gasteiger partial charge on any atom is 0.0544 e. The van der Waals surface area contributed by atoms with E-state index in [4.69, 9.17) is 5.73 Å². The van der Waals surface area contributed by atoms with Crippen molar-refractivity contribution in [3.63, 3.8) is 0 Å². The van der Waals surface area contributed by atoms with Crippen LogP contribution in [0.5, 0.6) is 0 Å². The second-order valence-corrected chi connectivity index (χ2v) is 5.12. The first-order valence-corrected chi connectivity index (χ1v) is 6.72. The Morgan fingerprint density at radius 1 is 1.26 bits per heavy atom. The predicted molar refractivity (Wildman–Crippen MR) is 76.5 cm³/mol. The molecule has 0 bridgehead atoms. The molecule has 1 aromatic heterocycles. The standard InChI is InChI=1S/C16H19N3/c1-12-5-4-7-14-15(12)11-19(16(14)9-17)10-13-6-2-3-8-18-13/h2-8,16H,9-11,17H2,1H3. The Hall–Kier alpha value is -1.71. The van der Waals surface area contributed by atoms with E-state index in [0.717, 1.165) is 18.8 Å². The zero-order valence-corrected chi connectivity index (χ0v) is 11.2. The van der Waals surface area contributed by atoms with Gasteiger partial charge in [-0.1, -0.05) is 24.3 Å². The molecule has 2 aromatic rings. The molecule has 1 aliphatic heterocycles. The molecule has 2 heterocycles. The first-order valence-electron chi connectivity index (χ1n) is 6.72. The highest BCUT2D eigenvalue weighted by Gasteiger charge is 2.29. The van der Waals surface area contributed by atoms with Crippen molar-refractivity contribution in [2.24, 2.45) is 5.73 Å². The lowest BCUT2D eigenvalue weighted by molar-refractivity contribution is 0.208. The lowest BCUT2D eigenvalue weighted by Gasteiger charge is -2.23. The van der Waals surface area contributed by atoms with Crippen LogP contribution in [0.1, 0.15) is 28.4 Å². The maximum absolute atomic E-state index is 5.98. The van der Waals surface area contributed by atoms with Gasteiger partial charge in [0, 0.05) is 31.9 Å². The van der Waals surface area contributed by atoms with Crippen molar-refractivity contribution in [3.8, 4) is 0 Å². The van der Waals surface area contributed by atoms with Crippen molar-refractivity contribution in [3.05, 3.63) is 65.0 Å². The van der Waals surface area contributed by atoms with Gasteiger partial charge in [-0.3, -0.25) is 9.88 Å². The molecule has 3 heteroatoms. The van der Waals surface area contributed by atoms with E-state index in [0.29, 0.717) is 12.6 Å². The molecule has 0 fully saturated rings. The summed E-state index contributed by atoms with van der Waals surface area (Å²) >= 11 is 0. The highest BCUT2D eigenvalue weighted by atomic mass is 15.2. The molecule has 1 aliphatic rings. The van der Waals surface area contributed by atoms with E-state index in [1.165, 1.54) is 16.7 Å². The van der Waals surface area contributed by atoms with Gasteiger partial charge in [0.25, 0.3) is 0 Å². The van der Waals surface area contributed by atoms with E-state index in [9.17, 15) is 0 Å². The van der Waals surface area contributed by atoms with Crippen molar-refractivity contribution in [1.29, 1.82) is 0 Å². The number of pyridine rings is 1. The van der Waals surface area contributed by atoms with Gasteiger partial charge in [-0.15, -0.1) is 0 Å². The number of aromatic nitrogens is 1. The zero-order chi connectivity index (χ0) is 13.2. The number of benzene rings is 1. The Kier molecular flexibility index (Phi) is 3.32. The lowest BCUT2D eigenvalue weighted by Crippen LogP contribution is -2.27. The molecule has 0 amide bonds. The quantitative estimate of drug-likeness (QED) is 0.913. The predicted octanol–water partition coefficient (Wildman–Crippen LogP) is 2.41. The van der Waals surface area contributed by atoms with Crippen molar-refractivity contribution < 1.29 is 0 Å². The van der Waals surface area contributed by atoms with Gasteiger partial charge in [0.15, 0.2) is 0 Å². The van der Waals surface area contributed by atoms with E-state index < -0.39 is 0 Å². The number of rotatable bonds is 3. The normalized spacial score (nSPS) is 18.5. The molecule has 98 valence electrons. The highest BCUT2D eigenvalue weighted by molar-refractivity contribution is 5.40. The molecule has 3 nitrogen and oxygen atoms in total. The number of fused-ring (bicyclic) bond motifs is 1. The number of hydrogen-bond donors (Lipinski definition) is 1. The zero-order valence-electron chi connectivity index (χ0n) is 11.2. The number of nitrogens with zero attached hydrogens (tertiary/aromatic N) is 2. The van der Waals surface area contributed by atoms with E-state index in [1.54, 1.807) is 0 Å². The SMILES string of the molecule is Cc1cccc2c1CN(Cc1ccccn1)C2CN. The van der Waals surface area contributed by atoms with Crippen LogP contribution in [0.4, 0.5) is 0 Å². The van der Waals surface area contributed by atoms with E-state index >= 15 is 0 Å². The van der Waals surface area contributed by atoms with Crippen LogP contribution in [0.15, 0.2) is 42.6 Å². The summed E-state index contributed by atoms with van der Waals surface area (Å²) in [6.45, 7) is 4.66. The highest BCUT2D eigenvalue weighted by Crippen LogP contribution is 2.35. The second-order valence-electron chi connectivity index (χ2n) is 5.12. The molecule has 0 spiro atoms. The molecular formula is C16H19N3. The Bertz CT molecular complexity index is 565. The van der Waals surface area contributed by atoms with Crippen LogP contribution in [-0.4, -0.2) is 16.4 Å². The fourth-order valence-corrected chi connectivity index (χ4v) is 2.91. The summed E-state index contributed by atoms with van der Waals surface area (Å²) in [7, 11) is 0.